The first kappa shape index (κ1) is 22.7. The highest BCUT2D eigenvalue weighted by atomic mass is 16.2. The fourth-order valence-corrected chi connectivity index (χ4v) is 4.11. The van der Waals surface area contributed by atoms with E-state index in [4.69, 9.17) is 4.98 Å². The van der Waals surface area contributed by atoms with Crippen molar-refractivity contribution in [1.82, 2.24) is 24.7 Å². The van der Waals surface area contributed by atoms with Gasteiger partial charge >= 0.3 is 0 Å². The van der Waals surface area contributed by atoms with Crippen LogP contribution in [0.5, 0.6) is 0 Å². The Labute approximate surface area is 193 Å². The summed E-state index contributed by atoms with van der Waals surface area (Å²) in [5.41, 5.74) is 2.92. The van der Waals surface area contributed by atoms with Crippen molar-refractivity contribution in [3.05, 3.63) is 65.5 Å². The van der Waals surface area contributed by atoms with Crippen molar-refractivity contribution in [2.45, 2.75) is 25.8 Å². The van der Waals surface area contributed by atoms with Crippen LogP contribution in [-0.4, -0.2) is 70.8 Å². The number of amides is 3. The van der Waals surface area contributed by atoms with Crippen molar-refractivity contribution in [2.75, 3.05) is 33.7 Å². The number of rotatable bonds is 10. The van der Waals surface area contributed by atoms with Crippen molar-refractivity contribution < 1.29 is 14.4 Å². The summed E-state index contributed by atoms with van der Waals surface area (Å²) in [5, 5.41) is 2.94. The Balaban J connectivity index is 1.26. The predicted octanol–water partition coefficient (Wildman–Crippen LogP) is 2.33. The summed E-state index contributed by atoms with van der Waals surface area (Å²) < 4.78 is 2.21. The van der Waals surface area contributed by atoms with Crippen LogP contribution in [0.4, 0.5) is 0 Å². The number of para-hydroxylation sites is 2. The lowest BCUT2D eigenvalue weighted by Gasteiger charge is -2.14. The first-order chi connectivity index (χ1) is 16.0. The van der Waals surface area contributed by atoms with E-state index in [2.05, 4.69) is 20.9 Å². The van der Waals surface area contributed by atoms with Gasteiger partial charge in [0.2, 0.25) is 5.91 Å². The van der Waals surface area contributed by atoms with Crippen molar-refractivity contribution in [1.29, 1.82) is 0 Å². The number of likely N-dealkylation sites (N-methyl/N-ethyl adjacent to an activating group) is 1. The third kappa shape index (κ3) is 4.96. The molecule has 3 aromatic rings. The Bertz CT molecular complexity index is 1150. The van der Waals surface area contributed by atoms with E-state index in [0.29, 0.717) is 30.5 Å². The molecule has 0 aliphatic carbocycles. The SMILES string of the molecule is CN(C)CCn1c(CCNC(=O)CCCN2C(=O)c3ccccc3C2=O)nc2ccccc21. The van der Waals surface area contributed by atoms with E-state index in [9.17, 15) is 14.4 Å². The molecule has 8 nitrogen and oxygen atoms in total. The molecule has 4 rings (SSSR count). The van der Waals surface area contributed by atoms with Crippen LogP contribution in [0.15, 0.2) is 48.5 Å². The number of carbonyl (C=O) groups excluding carboxylic acids is 3. The molecule has 1 aliphatic rings. The van der Waals surface area contributed by atoms with Crippen molar-refractivity contribution in [2.24, 2.45) is 0 Å². The fourth-order valence-electron chi connectivity index (χ4n) is 4.11. The van der Waals surface area contributed by atoms with Crippen LogP contribution in [0.3, 0.4) is 0 Å². The number of aromatic nitrogens is 2. The molecule has 0 unspecified atom stereocenters. The third-order valence-corrected chi connectivity index (χ3v) is 5.84. The molecule has 1 N–H and O–H groups in total. The summed E-state index contributed by atoms with van der Waals surface area (Å²) in [7, 11) is 4.09. The lowest BCUT2D eigenvalue weighted by Crippen LogP contribution is -2.32. The molecule has 0 spiro atoms. The maximum absolute atomic E-state index is 12.4. The topological polar surface area (TPSA) is 87.5 Å². The van der Waals surface area contributed by atoms with Gasteiger partial charge in [0.05, 0.1) is 22.2 Å². The Kier molecular flexibility index (Phi) is 6.84. The van der Waals surface area contributed by atoms with Gasteiger partial charge in [-0.25, -0.2) is 4.98 Å². The number of hydrogen-bond acceptors (Lipinski definition) is 5. The number of nitrogens with zero attached hydrogens (tertiary/aromatic N) is 4. The zero-order chi connectivity index (χ0) is 23.4. The van der Waals surface area contributed by atoms with Gasteiger partial charge in [-0.05, 0) is 44.8 Å². The molecule has 172 valence electrons. The quantitative estimate of drug-likeness (QED) is 0.482. The van der Waals surface area contributed by atoms with Crippen LogP contribution in [0, 0.1) is 0 Å². The van der Waals surface area contributed by atoms with Gasteiger partial charge in [-0.3, -0.25) is 19.3 Å². The maximum atomic E-state index is 12.4. The van der Waals surface area contributed by atoms with E-state index in [1.807, 2.05) is 32.3 Å². The predicted molar refractivity (Wildman–Crippen MR) is 126 cm³/mol. The summed E-state index contributed by atoms with van der Waals surface area (Å²) in [5.74, 6) is 0.284. The third-order valence-electron chi connectivity index (χ3n) is 5.84. The number of carbonyl (C=O) groups is 3. The molecule has 0 saturated heterocycles. The summed E-state index contributed by atoms with van der Waals surface area (Å²) in [6, 6.07) is 14.9. The smallest absolute Gasteiger partial charge is 0.261 e. The Morgan fingerprint density at radius 2 is 1.64 bits per heavy atom. The average molecular weight is 448 g/mol. The molecule has 0 atom stereocenters. The van der Waals surface area contributed by atoms with Gasteiger partial charge in [0, 0.05) is 39.0 Å². The molecule has 0 fully saturated rings. The Hall–Kier alpha value is -3.52. The molecule has 0 bridgehead atoms. The number of imidazole rings is 1. The first-order valence-corrected chi connectivity index (χ1v) is 11.3. The van der Waals surface area contributed by atoms with Crippen molar-refractivity contribution >= 4 is 28.8 Å². The number of hydrogen-bond donors (Lipinski definition) is 1. The number of imide groups is 1. The van der Waals surface area contributed by atoms with Gasteiger partial charge in [0.15, 0.2) is 0 Å². The Morgan fingerprint density at radius 1 is 0.970 bits per heavy atom. The molecular formula is C25H29N5O3. The minimum Gasteiger partial charge on any atom is -0.356 e. The van der Waals surface area contributed by atoms with Crippen LogP contribution in [0.25, 0.3) is 11.0 Å². The monoisotopic (exact) mass is 447 g/mol. The minimum atomic E-state index is -0.285. The van der Waals surface area contributed by atoms with Gasteiger partial charge in [-0.1, -0.05) is 24.3 Å². The Morgan fingerprint density at radius 3 is 2.33 bits per heavy atom. The maximum Gasteiger partial charge on any atom is 0.261 e. The van der Waals surface area contributed by atoms with Crippen LogP contribution in [0.1, 0.15) is 39.4 Å². The molecule has 1 aromatic heterocycles. The lowest BCUT2D eigenvalue weighted by atomic mass is 10.1. The first-order valence-electron chi connectivity index (χ1n) is 11.3. The van der Waals surface area contributed by atoms with Gasteiger partial charge < -0.3 is 14.8 Å². The van der Waals surface area contributed by atoms with Gasteiger partial charge in [-0.15, -0.1) is 0 Å². The second kappa shape index (κ2) is 9.95. The summed E-state index contributed by atoms with van der Waals surface area (Å²) in [6.07, 6.45) is 1.31. The molecule has 1 aliphatic heterocycles. The van der Waals surface area contributed by atoms with E-state index in [0.717, 1.165) is 29.9 Å². The van der Waals surface area contributed by atoms with Crippen LogP contribution >= 0.6 is 0 Å². The zero-order valence-electron chi connectivity index (χ0n) is 19.1. The zero-order valence-corrected chi connectivity index (χ0v) is 19.1. The van der Waals surface area contributed by atoms with Gasteiger partial charge in [-0.2, -0.15) is 0 Å². The summed E-state index contributed by atoms with van der Waals surface area (Å²) in [4.78, 5) is 45.2. The lowest BCUT2D eigenvalue weighted by molar-refractivity contribution is -0.121. The molecule has 3 amide bonds. The van der Waals surface area contributed by atoms with Crippen LogP contribution < -0.4 is 5.32 Å². The molecule has 8 heteroatoms. The number of benzene rings is 2. The molecule has 0 saturated carbocycles. The number of fused-ring (bicyclic) bond motifs is 2. The molecule has 2 aromatic carbocycles. The van der Waals surface area contributed by atoms with Crippen molar-refractivity contribution in [3.8, 4) is 0 Å². The van der Waals surface area contributed by atoms with E-state index in [-0.39, 0.29) is 30.7 Å². The second-order valence-corrected chi connectivity index (χ2v) is 8.48. The molecule has 0 radical (unpaired) electrons. The average Bonchev–Trinajstić information content (AvgIpc) is 3.28. The largest absolute Gasteiger partial charge is 0.356 e. The number of nitrogens with one attached hydrogen (secondary N) is 1. The van der Waals surface area contributed by atoms with Crippen LogP contribution in [-0.2, 0) is 17.8 Å². The highest BCUT2D eigenvalue weighted by molar-refractivity contribution is 6.21. The standard InChI is InChI=1S/C25H29N5O3/c1-28(2)16-17-29-21-11-6-5-10-20(21)27-22(29)13-14-26-23(31)12-7-15-30-24(32)18-8-3-4-9-19(18)25(30)33/h3-6,8-11H,7,12-17H2,1-2H3,(H,26,31). The summed E-state index contributed by atoms with van der Waals surface area (Å²) in [6.45, 7) is 2.45. The molecule has 2 heterocycles. The van der Waals surface area contributed by atoms with E-state index >= 15 is 0 Å². The summed E-state index contributed by atoms with van der Waals surface area (Å²) >= 11 is 0. The molecular weight excluding hydrogens is 418 g/mol. The highest BCUT2D eigenvalue weighted by Crippen LogP contribution is 2.22. The minimum absolute atomic E-state index is 0.0949. The van der Waals surface area contributed by atoms with E-state index in [1.165, 1.54) is 4.90 Å². The van der Waals surface area contributed by atoms with Gasteiger partial charge in [0.25, 0.3) is 11.8 Å². The van der Waals surface area contributed by atoms with Crippen LogP contribution in [0.2, 0.25) is 0 Å². The molecule has 33 heavy (non-hydrogen) atoms. The van der Waals surface area contributed by atoms with E-state index < -0.39 is 0 Å². The van der Waals surface area contributed by atoms with Gasteiger partial charge in [0.1, 0.15) is 5.82 Å². The normalized spacial score (nSPS) is 13.2. The fraction of sp³-hybridized carbons (Fsp3) is 0.360. The van der Waals surface area contributed by atoms with Crippen molar-refractivity contribution in [3.63, 3.8) is 0 Å². The van der Waals surface area contributed by atoms with E-state index in [1.54, 1.807) is 24.3 Å². The second-order valence-electron chi connectivity index (χ2n) is 8.48. The highest BCUT2D eigenvalue weighted by Gasteiger charge is 2.34.